The Balaban J connectivity index is 1.24. The van der Waals surface area contributed by atoms with Gasteiger partial charge >= 0.3 is 0 Å². The molecule has 0 aromatic heterocycles. The van der Waals surface area contributed by atoms with E-state index in [0.29, 0.717) is 32.2 Å². The number of carbonyl (C=O) groups excluding carboxylic acids is 2. The summed E-state index contributed by atoms with van der Waals surface area (Å²) in [7, 11) is 0. The molecule has 0 radical (unpaired) electrons. The Morgan fingerprint density at radius 1 is 1.03 bits per heavy atom. The molecule has 1 aromatic carbocycles. The molecular formula is C25H37N3O4. The van der Waals surface area contributed by atoms with Crippen molar-refractivity contribution in [1.82, 2.24) is 15.1 Å². The van der Waals surface area contributed by atoms with Crippen LogP contribution in [0.5, 0.6) is 0 Å². The molecule has 7 nitrogen and oxygen atoms in total. The number of carbonyl (C=O) groups is 2. The van der Waals surface area contributed by atoms with E-state index in [9.17, 15) is 9.59 Å². The average Bonchev–Trinajstić information content (AvgIpc) is 3.54. The fourth-order valence-corrected chi connectivity index (χ4v) is 5.25. The summed E-state index contributed by atoms with van der Waals surface area (Å²) in [6.45, 7) is 4.73. The molecule has 32 heavy (non-hydrogen) atoms. The molecule has 1 aliphatic carbocycles. The normalized spacial score (nSPS) is 23.4. The largest absolute Gasteiger partial charge is 0.376 e. The highest BCUT2D eigenvalue weighted by Crippen LogP contribution is 2.31. The van der Waals surface area contributed by atoms with E-state index in [1.807, 2.05) is 35.2 Å². The van der Waals surface area contributed by atoms with Crippen molar-refractivity contribution in [1.29, 1.82) is 0 Å². The van der Waals surface area contributed by atoms with Gasteiger partial charge in [-0.05, 0) is 37.2 Å². The van der Waals surface area contributed by atoms with Crippen LogP contribution in [0, 0.1) is 5.92 Å². The lowest BCUT2D eigenvalue weighted by Crippen LogP contribution is -2.58. The number of piperazine rings is 1. The lowest BCUT2D eigenvalue weighted by Gasteiger charge is -2.40. The van der Waals surface area contributed by atoms with Crippen molar-refractivity contribution in [3.63, 3.8) is 0 Å². The van der Waals surface area contributed by atoms with E-state index in [0.717, 1.165) is 50.9 Å². The Morgan fingerprint density at radius 3 is 2.47 bits per heavy atom. The Kier molecular flexibility index (Phi) is 8.54. The van der Waals surface area contributed by atoms with Crippen molar-refractivity contribution in [3.8, 4) is 0 Å². The van der Waals surface area contributed by atoms with Gasteiger partial charge in [-0.2, -0.15) is 0 Å². The first kappa shape index (κ1) is 23.2. The summed E-state index contributed by atoms with van der Waals surface area (Å²) < 4.78 is 11.3. The molecule has 2 amide bonds. The molecule has 0 unspecified atom stereocenters. The molecule has 2 aliphatic heterocycles. The smallest absolute Gasteiger partial charge is 0.248 e. The number of nitrogens with zero attached hydrogens (tertiary/aromatic N) is 2. The molecule has 176 valence electrons. The maximum absolute atomic E-state index is 13.2. The molecule has 0 bridgehead atoms. The minimum atomic E-state index is -0.0921. The first-order chi connectivity index (χ1) is 15.7. The first-order valence-electron chi connectivity index (χ1n) is 12.2. The van der Waals surface area contributed by atoms with Gasteiger partial charge in [0.2, 0.25) is 11.8 Å². The maximum atomic E-state index is 13.2. The number of rotatable bonds is 9. The van der Waals surface area contributed by atoms with Crippen molar-refractivity contribution < 1.29 is 19.1 Å². The summed E-state index contributed by atoms with van der Waals surface area (Å²) >= 11 is 0. The third kappa shape index (κ3) is 6.30. The second-order valence-electron chi connectivity index (χ2n) is 9.26. The second kappa shape index (κ2) is 11.8. The third-order valence-electron chi connectivity index (χ3n) is 7.04. The van der Waals surface area contributed by atoms with Gasteiger partial charge in [0.05, 0.1) is 18.8 Å². The summed E-state index contributed by atoms with van der Waals surface area (Å²) in [6, 6.07) is 9.81. The molecule has 1 aromatic rings. The number of amides is 2. The Labute approximate surface area is 191 Å². The predicted molar refractivity (Wildman–Crippen MR) is 122 cm³/mol. The Morgan fingerprint density at radius 2 is 1.78 bits per heavy atom. The molecule has 3 aliphatic rings. The number of hydrogen-bond acceptors (Lipinski definition) is 5. The van der Waals surface area contributed by atoms with Crippen LogP contribution >= 0.6 is 0 Å². The van der Waals surface area contributed by atoms with Crippen LogP contribution in [0.15, 0.2) is 30.3 Å². The summed E-state index contributed by atoms with van der Waals surface area (Å²) in [4.78, 5) is 29.9. The fraction of sp³-hybridized carbons (Fsp3) is 0.680. The van der Waals surface area contributed by atoms with Gasteiger partial charge in [-0.15, -0.1) is 0 Å². The summed E-state index contributed by atoms with van der Waals surface area (Å²) in [5, 5.41) is 3.17. The molecule has 3 fully saturated rings. The van der Waals surface area contributed by atoms with E-state index >= 15 is 0 Å². The number of benzene rings is 1. The standard InChI is InChI=1S/C25H37N3O4/c29-23(19-31-18-20-7-2-1-3-8-20)27-12-14-28(15-13-27)24(21-9-4-5-10-21)25(30)26-17-22-11-6-16-32-22/h1-3,7-8,21-22,24H,4-6,9-19H2,(H,26,30)/t22-,24+/m1/s1. The number of hydrogen-bond donors (Lipinski definition) is 1. The Bertz CT molecular complexity index is 724. The highest BCUT2D eigenvalue weighted by atomic mass is 16.5. The van der Waals surface area contributed by atoms with Crippen LogP contribution in [0.4, 0.5) is 0 Å². The second-order valence-corrected chi connectivity index (χ2v) is 9.26. The van der Waals surface area contributed by atoms with Crippen molar-refractivity contribution in [3.05, 3.63) is 35.9 Å². The van der Waals surface area contributed by atoms with Crippen LogP contribution in [0.2, 0.25) is 0 Å². The van der Waals surface area contributed by atoms with Gasteiger partial charge in [-0.1, -0.05) is 43.2 Å². The van der Waals surface area contributed by atoms with Gasteiger partial charge in [-0.25, -0.2) is 0 Å². The van der Waals surface area contributed by atoms with Gasteiger partial charge < -0.3 is 19.7 Å². The van der Waals surface area contributed by atoms with Crippen molar-refractivity contribution >= 4 is 11.8 Å². The van der Waals surface area contributed by atoms with E-state index in [-0.39, 0.29) is 30.6 Å². The molecule has 7 heteroatoms. The van der Waals surface area contributed by atoms with Crippen LogP contribution < -0.4 is 5.32 Å². The topological polar surface area (TPSA) is 71.1 Å². The SMILES string of the molecule is O=C(NC[C@H]1CCCO1)[C@H](C1CCCC1)N1CCN(C(=O)COCc2ccccc2)CC1. The van der Waals surface area contributed by atoms with Crippen LogP contribution in [-0.2, 0) is 25.7 Å². The third-order valence-corrected chi connectivity index (χ3v) is 7.04. The molecule has 1 N–H and O–H groups in total. The van der Waals surface area contributed by atoms with Crippen LogP contribution in [0.3, 0.4) is 0 Å². The van der Waals surface area contributed by atoms with Gasteiger partial charge in [0.15, 0.2) is 0 Å². The predicted octanol–water partition coefficient (Wildman–Crippen LogP) is 2.20. The quantitative estimate of drug-likeness (QED) is 0.634. The molecule has 1 saturated carbocycles. The molecule has 2 atom stereocenters. The Hall–Kier alpha value is -1.96. The molecule has 2 heterocycles. The van der Waals surface area contributed by atoms with Crippen LogP contribution in [0.1, 0.15) is 44.1 Å². The minimum Gasteiger partial charge on any atom is -0.376 e. The minimum absolute atomic E-state index is 0.0285. The zero-order valence-corrected chi connectivity index (χ0v) is 19.0. The van der Waals surface area contributed by atoms with Crippen molar-refractivity contribution in [2.75, 3.05) is 45.9 Å². The molecule has 4 rings (SSSR count). The molecule has 2 saturated heterocycles. The number of nitrogens with one attached hydrogen (secondary N) is 1. The highest BCUT2D eigenvalue weighted by Gasteiger charge is 2.37. The summed E-state index contributed by atoms with van der Waals surface area (Å²) in [5.74, 6) is 0.579. The molecule has 0 spiro atoms. The lowest BCUT2D eigenvalue weighted by atomic mass is 9.95. The number of ether oxygens (including phenoxy) is 2. The van der Waals surface area contributed by atoms with E-state index < -0.39 is 0 Å². The van der Waals surface area contributed by atoms with Crippen molar-refractivity contribution in [2.24, 2.45) is 5.92 Å². The van der Waals surface area contributed by atoms with E-state index in [2.05, 4.69) is 10.2 Å². The highest BCUT2D eigenvalue weighted by molar-refractivity contribution is 5.82. The fourth-order valence-electron chi connectivity index (χ4n) is 5.25. The summed E-state index contributed by atoms with van der Waals surface area (Å²) in [5.41, 5.74) is 1.07. The zero-order valence-electron chi connectivity index (χ0n) is 19.0. The monoisotopic (exact) mass is 443 g/mol. The van der Waals surface area contributed by atoms with Gasteiger partial charge in [-0.3, -0.25) is 14.5 Å². The average molecular weight is 444 g/mol. The van der Waals surface area contributed by atoms with Gasteiger partial charge in [0, 0.05) is 39.3 Å². The van der Waals surface area contributed by atoms with E-state index in [1.54, 1.807) is 0 Å². The van der Waals surface area contributed by atoms with Crippen molar-refractivity contribution in [2.45, 2.75) is 57.3 Å². The zero-order chi connectivity index (χ0) is 22.2. The van der Waals surface area contributed by atoms with Crippen LogP contribution in [-0.4, -0.2) is 79.7 Å². The summed E-state index contributed by atoms with van der Waals surface area (Å²) in [6.07, 6.45) is 6.91. The van der Waals surface area contributed by atoms with Gasteiger partial charge in [0.25, 0.3) is 0 Å². The first-order valence-corrected chi connectivity index (χ1v) is 12.2. The van der Waals surface area contributed by atoms with Crippen LogP contribution in [0.25, 0.3) is 0 Å². The maximum Gasteiger partial charge on any atom is 0.248 e. The van der Waals surface area contributed by atoms with E-state index in [1.165, 1.54) is 12.8 Å². The lowest BCUT2D eigenvalue weighted by molar-refractivity contribution is -0.140. The van der Waals surface area contributed by atoms with Gasteiger partial charge in [0.1, 0.15) is 6.61 Å². The van der Waals surface area contributed by atoms with E-state index in [4.69, 9.17) is 9.47 Å². The molecular weight excluding hydrogens is 406 g/mol.